The number of alkyl halides is 3. The maximum Gasteiger partial charge on any atom is 0.320 e. The van der Waals surface area contributed by atoms with Crippen molar-refractivity contribution in [3.8, 4) is 23.3 Å². The fraction of sp³-hybridized carbons (Fsp3) is 0.500. The third-order valence-electron chi connectivity index (χ3n) is 10.3. The molecule has 12 nitrogen and oxygen atoms in total. The molecule has 0 aliphatic carbocycles. The van der Waals surface area contributed by atoms with Crippen LogP contribution in [-0.2, 0) is 11.8 Å². The molecule has 0 amide bonds. The van der Waals surface area contributed by atoms with Gasteiger partial charge < -0.3 is 24.0 Å². The molecule has 0 spiro atoms. The quantitative estimate of drug-likeness (QED) is 0.260. The van der Waals surface area contributed by atoms with Crippen molar-refractivity contribution in [3.63, 3.8) is 0 Å². The van der Waals surface area contributed by atoms with Crippen LogP contribution in [0, 0.1) is 18.3 Å². The van der Waals surface area contributed by atoms with Gasteiger partial charge >= 0.3 is 6.01 Å². The van der Waals surface area contributed by atoms with E-state index in [4.69, 9.17) is 19.4 Å². The number of benzene rings is 1. The van der Waals surface area contributed by atoms with Crippen LogP contribution in [0.25, 0.3) is 44.1 Å². The molecule has 3 aliphatic heterocycles. The van der Waals surface area contributed by atoms with Gasteiger partial charge in [0.2, 0.25) is 0 Å². The summed E-state index contributed by atoms with van der Waals surface area (Å²) in [5.41, 5.74) is 0.198. The molecule has 0 unspecified atom stereocenters. The first-order valence-corrected chi connectivity index (χ1v) is 16.4. The molecule has 5 aromatic rings. The highest BCUT2D eigenvalue weighted by Gasteiger charge is 2.49. The number of β-amino-alcohol motifs (C(OH)–C–C–N with tert-alkyl or cyclic N) is 1. The molecule has 0 saturated carbocycles. The summed E-state index contributed by atoms with van der Waals surface area (Å²) in [7, 11) is 1.77. The van der Waals surface area contributed by atoms with E-state index in [1.54, 1.807) is 43.8 Å². The van der Waals surface area contributed by atoms with Gasteiger partial charge in [-0.1, -0.05) is 0 Å². The number of aryl methyl sites for hydroxylation is 2. The molecule has 256 valence electrons. The molecule has 3 fully saturated rings. The van der Waals surface area contributed by atoms with Crippen molar-refractivity contribution in [3.05, 3.63) is 35.2 Å². The van der Waals surface area contributed by atoms with Crippen molar-refractivity contribution in [2.75, 3.05) is 50.9 Å². The highest BCUT2D eigenvalue weighted by Crippen LogP contribution is 2.45. The van der Waals surface area contributed by atoms with E-state index >= 15 is 0 Å². The number of hydrogen-bond donors (Lipinski definition) is 2. The Hall–Kier alpha value is -4.52. The third-order valence-corrected chi connectivity index (χ3v) is 10.3. The van der Waals surface area contributed by atoms with Crippen molar-refractivity contribution >= 4 is 38.7 Å². The first-order valence-electron chi connectivity index (χ1n) is 16.4. The summed E-state index contributed by atoms with van der Waals surface area (Å²) >= 11 is 0. The molecule has 3 saturated heterocycles. The van der Waals surface area contributed by atoms with Crippen LogP contribution in [0.5, 0.6) is 6.01 Å². The lowest BCUT2D eigenvalue weighted by molar-refractivity contribution is -0.0123. The van der Waals surface area contributed by atoms with Gasteiger partial charge in [0.15, 0.2) is 5.69 Å². The van der Waals surface area contributed by atoms with Gasteiger partial charge in [-0.3, -0.25) is 15.0 Å². The highest BCUT2D eigenvalue weighted by molar-refractivity contribution is 6.17. The van der Waals surface area contributed by atoms with E-state index in [9.17, 15) is 23.5 Å². The maximum absolute atomic E-state index is 14.9. The second kappa shape index (κ2) is 11.5. The van der Waals surface area contributed by atoms with Crippen LogP contribution in [0.4, 0.5) is 19.0 Å². The standard InChI is InChI=1S/C34H36F3N9O3/c1-18-11-21-25(22(13-38)43-42-21)26(23(18)29(36)37)27-28-20(5-7-39-27)24-30(44(28)3)40-32(41-31(24)45-9-10-48-16-33(2,47)15-45)49-17-34-6-4-8-46(34)14-19(35)12-34/h5,7,11,19,29,47H,4,6,8-10,12,14-17H2,1-3H3,(H,42,43)/t19-,33+,34+/m1/s1. The number of aliphatic hydroxyl groups is 1. The molecule has 15 heteroatoms. The summed E-state index contributed by atoms with van der Waals surface area (Å²) in [6, 6.07) is 5.47. The number of aromatic amines is 1. The third kappa shape index (κ3) is 5.07. The molecule has 1 aromatic carbocycles. The predicted molar refractivity (Wildman–Crippen MR) is 176 cm³/mol. The number of pyridine rings is 1. The second-order valence-corrected chi connectivity index (χ2v) is 13.9. The SMILES string of the molecule is Cc1cc2[nH]nc(C#N)c2c(-c2nccc3c4c(N5CCOC[C@@](C)(O)C5)nc(OC[C@@]56CCCN5C[C@H](F)C6)nc4n(C)c23)c1C(F)F. The fourth-order valence-corrected chi connectivity index (χ4v) is 8.26. The number of rotatable bonds is 6. The topological polar surface area (TPSA) is 141 Å². The Bertz CT molecular complexity index is 2160. The van der Waals surface area contributed by atoms with Crippen LogP contribution in [0.3, 0.4) is 0 Å². The van der Waals surface area contributed by atoms with Crippen LogP contribution in [0.1, 0.15) is 49.4 Å². The minimum Gasteiger partial charge on any atom is -0.461 e. The number of nitrogens with zero attached hydrogens (tertiary/aromatic N) is 8. The average Bonchev–Trinajstić information content (AvgIpc) is 3.77. The lowest BCUT2D eigenvalue weighted by atomic mass is 9.93. The minimum absolute atomic E-state index is 0.0183. The van der Waals surface area contributed by atoms with Crippen molar-refractivity contribution in [1.82, 2.24) is 34.6 Å². The van der Waals surface area contributed by atoms with Crippen LogP contribution in [0.15, 0.2) is 18.3 Å². The highest BCUT2D eigenvalue weighted by atomic mass is 19.3. The van der Waals surface area contributed by atoms with E-state index in [1.165, 1.54) is 0 Å². The Labute approximate surface area is 279 Å². The summed E-state index contributed by atoms with van der Waals surface area (Å²) in [4.78, 5) is 18.5. The summed E-state index contributed by atoms with van der Waals surface area (Å²) < 4.78 is 58.2. The predicted octanol–water partition coefficient (Wildman–Crippen LogP) is 4.72. The number of hydrogen-bond acceptors (Lipinski definition) is 10. The Kier molecular flexibility index (Phi) is 7.47. The van der Waals surface area contributed by atoms with Gasteiger partial charge in [0.05, 0.1) is 47.4 Å². The number of halogens is 3. The second-order valence-electron chi connectivity index (χ2n) is 13.9. The van der Waals surface area contributed by atoms with Crippen molar-refractivity contribution in [2.24, 2.45) is 7.05 Å². The van der Waals surface area contributed by atoms with Gasteiger partial charge in [-0.2, -0.15) is 20.3 Å². The molecule has 2 N–H and O–H groups in total. The zero-order chi connectivity index (χ0) is 34.2. The van der Waals surface area contributed by atoms with Gasteiger partial charge in [-0.25, -0.2) is 13.2 Å². The molecule has 3 aliphatic rings. The smallest absolute Gasteiger partial charge is 0.320 e. The van der Waals surface area contributed by atoms with E-state index in [0.717, 1.165) is 19.4 Å². The minimum atomic E-state index is -2.86. The normalized spacial score (nSPS) is 24.7. The fourth-order valence-electron chi connectivity index (χ4n) is 8.26. The molecule has 0 bridgehead atoms. The molecule has 3 atom stereocenters. The largest absolute Gasteiger partial charge is 0.461 e. The van der Waals surface area contributed by atoms with Crippen LogP contribution >= 0.6 is 0 Å². The van der Waals surface area contributed by atoms with Crippen molar-refractivity contribution in [1.29, 1.82) is 5.26 Å². The molecule has 7 heterocycles. The van der Waals surface area contributed by atoms with Gasteiger partial charge in [-0.05, 0) is 50.9 Å². The van der Waals surface area contributed by atoms with Gasteiger partial charge in [0.25, 0.3) is 6.43 Å². The van der Waals surface area contributed by atoms with Crippen molar-refractivity contribution < 1.29 is 27.8 Å². The van der Waals surface area contributed by atoms with E-state index in [2.05, 4.69) is 20.1 Å². The lowest BCUT2D eigenvalue weighted by Crippen LogP contribution is -2.44. The molecule has 8 rings (SSSR count). The molecular weight excluding hydrogens is 639 g/mol. The van der Waals surface area contributed by atoms with E-state index in [1.807, 2.05) is 11.0 Å². The van der Waals surface area contributed by atoms with Gasteiger partial charge in [0, 0.05) is 54.7 Å². The molecule has 4 aromatic heterocycles. The number of nitriles is 1. The van der Waals surface area contributed by atoms with E-state index in [-0.39, 0.29) is 53.7 Å². The number of fused-ring (bicyclic) bond motifs is 5. The molecule has 49 heavy (non-hydrogen) atoms. The Balaban J connectivity index is 1.37. The van der Waals surface area contributed by atoms with Crippen LogP contribution in [0.2, 0.25) is 0 Å². The van der Waals surface area contributed by atoms with Crippen LogP contribution in [-0.4, -0.2) is 103 Å². The Morgan fingerprint density at radius 3 is 2.90 bits per heavy atom. The average molecular weight is 676 g/mol. The maximum atomic E-state index is 14.9. The Morgan fingerprint density at radius 2 is 2.10 bits per heavy atom. The summed E-state index contributed by atoms with van der Waals surface area (Å²) in [5.74, 6) is 0.480. The number of nitrogens with one attached hydrogen (secondary N) is 1. The number of aromatic nitrogens is 6. The zero-order valence-electron chi connectivity index (χ0n) is 27.4. The monoisotopic (exact) mass is 675 g/mol. The number of H-pyrrole nitrogens is 1. The van der Waals surface area contributed by atoms with E-state index in [0.29, 0.717) is 65.0 Å². The van der Waals surface area contributed by atoms with Gasteiger partial charge in [0.1, 0.15) is 35.9 Å². The lowest BCUT2D eigenvalue weighted by Gasteiger charge is -2.31. The summed E-state index contributed by atoms with van der Waals surface area (Å²) in [6.07, 6.45) is -0.0865. The van der Waals surface area contributed by atoms with Crippen LogP contribution < -0.4 is 9.64 Å². The summed E-state index contributed by atoms with van der Waals surface area (Å²) in [5, 5.41) is 29.5. The van der Waals surface area contributed by atoms with E-state index < -0.39 is 23.7 Å². The molecule has 0 radical (unpaired) electrons. The zero-order valence-corrected chi connectivity index (χ0v) is 27.4. The van der Waals surface area contributed by atoms with Gasteiger partial charge in [-0.15, -0.1) is 0 Å². The molecular formula is C34H36F3N9O3. The first kappa shape index (κ1) is 31.7. The first-order chi connectivity index (χ1) is 23.5. The summed E-state index contributed by atoms with van der Waals surface area (Å²) in [6.45, 7) is 5.78. The number of ether oxygens (including phenoxy) is 2. The van der Waals surface area contributed by atoms with Crippen molar-refractivity contribution in [2.45, 2.75) is 56.8 Å². The number of anilines is 1. The Morgan fingerprint density at radius 1 is 1.27 bits per heavy atom.